The molecule has 0 aliphatic carbocycles. The van der Waals surface area contributed by atoms with Gasteiger partial charge in [0.05, 0.1) is 22.2 Å². The summed E-state index contributed by atoms with van der Waals surface area (Å²) in [5.74, 6) is 0. The van der Waals surface area contributed by atoms with Gasteiger partial charge in [-0.15, -0.1) is 0 Å². The zero-order valence-corrected chi connectivity index (χ0v) is 12.3. The Morgan fingerprint density at radius 1 is 1.50 bits per heavy atom. The maximum absolute atomic E-state index is 8.88. The first kappa shape index (κ1) is 13.6. The first-order valence-corrected chi connectivity index (χ1v) is 6.50. The Morgan fingerprint density at radius 2 is 2.19 bits per heavy atom. The van der Waals surface area contributed by atoms with Crippen LogP contribution in [0.5, 0.6) is 0 Å². The highest BCUT2D eigenvalue weighted by Crippen LogP contribution is 2.25. The van der Waals surface area contributed by atoms with Crippen LogP contribution in [0, 0.1) is 20.3 Å². The summed E-state index contributed by atoms with van der Waals surface area (Å²) in [5, 5.41) is 12.8. The number of hydrogen-bond donors (Lipinski definition) is 1. The molecule has 0 saturated heterocycles. The maximum atomic E-state index is 8.88. The van der Waals surface area contributed by atoms with E-state index in [9.17, 15) is 0 Å². The molecule has 1 aromatic rings. The van der Waals surface area contributed by atoms with Gasteiger partial charge in [-0.3, -0.25) is 0 Å². The van der Waals surface area contributed by atoms with Crippen molar-refractivity contribution in [2.24, 2.45) is 5.41 Å². The van der Waals surface area contributed by atoms with Gasteiger partial charge in [-0.1, -0.05) is 11.6 Å². The van der Waals surface area contributed by atoms with Gasteiger partial charge in [0.2, 0.25) is 0 Å². The molecule has 0 bridgehead atoms. The molecule has 0 aromatic heterocycles. The van der Waals surface area contributed by atoms with Gasteiger partial charge in [0.15, 0.2) is 0 Å². The molecule has 0 aliphatic rings. The number of nitriles is 1. The van der Waals surface area contributed by atoms with Gasteiger partial charge >= 0.3 is 0 Å². The third-order valence-electron chi connectivity index (χ3n) is 2.30. The first-order chi connectivity index (χ1) is 7.44. The Bertz CT molecular complexity index is 410. The van der Waals surface area contributed by atoms with E-state index < -0.39 is 0 Å². The Labute approximate surface area is 115 Å². The number of anilines is 1. The molecule has 4 heteroatoms. The largest absolute Gasteiger partial charge is 0.384 e. The summed E-state index contributed by atoms with van der Waals surface area (Å²) in [5.41, 5.74) is 0.638. The number of benzene rings is 1. The van der Waals surface area contributed by atoms with Crippen molar-refractivity contribution in [3.63, 3.8) is 0 Å². The summed E-state index contributed by atoms with van der Waals surface area (Å²) in [7, 11) is 0. The maximum Gasteiger partial charge on any atom is 0.0684 e. The van der Waals surface area contributed by atoms with E-state index in [-0.39, 0.29) is 5.41 Å². The van der Waals surface area contributed by atoms with Crippen LogP contribution < -0.4 is 5.32 Å². The fourth-order valence-corrected chi connectivity index (χ4v) is 2.12. The minimum atomic E-state index is -0.289. The predicted molar refractivity (Wildman–Crippen MR) is 76.7 cm³/mol. The molecular formula is C12H14ClIN2. The van der Waals surface area contributed by atoms with Crippen molar-refractivity contribution in [2.75, 3.05) is 11.9 Å². The molecule has 1 rings (SSSR count). The molecule has 0 saturated carbocycles. The lowest BCUT2D eigenvalue weighted by Gasteiger charge is -2.16. The van der Waals surface area contributed by atoms with Gasteiger partial charge in [0, 0.05) is 10.1 Å². The number of halogens is 2. The molecule has 86 valence electrons. The van der Waals surface area contributed by atoms with E-state index in [0.29, 0.717) is 0 Å². The van der Waals surface area contributed by atoms with Crippen LogP contribution in [0.15, 0.2) is 18.2 Å². The molecule has 1 aromatic carbocycles. The van der Waals surface area contributed by atoms with E-state index in [1.165, 1.54) is 0 Å². The van der Waals surface area contributed by atoms with Crippen molar-refractivity contribution in [1.29, 1.82) is 5.26 Å². The molecule has 0 atom stereocenters. The van der Waals surface area contributed by atoms with E-state index >= 15 is 0 Å². The average Bonchev–Trinajstić information content (AvgIpc) is 2.21. The molecule has 0 fully saturated rings. The minimum absolute atomic E-state index is 0.289. The topological polar surface area (TPSA) is 35.8 Å². The molecule has 0 aliphatic heterocycles. The lowest BCUT2D eigenvalue weighted by Crippen LogP contribution is -2.14. The summed E-state index contributed by atoms with van der Waals surface area (Å²) in [6.45, 7) is 4.62. The molecule has 16 heavy (non-hydrogen) atoms. The molecule has 0 unspecified atom stereocenters. The zero-order valence-electron chi connectivity index (χ0n) is 9.35. The Kier molecular flexibility index (Phi) is 4.88. The van der Waals surface area contributed by atoms with E-state index in [2.05, 4.69) is 34.0 Å². The molecule has 0 spiro atoms. The van der Waals surface area contributed by atoms with Crippen LogP contribution in [0.4, 0.5) is 5.69 Å². The van der Waals surface area contributed by atoms with E-state index in [0.717, 1.165) is 27.2 Å². The SMILES string of the molecule is CC(C)(C#N)CCNc1ccc(I)cc1Cl. The van der Waals surface area contributed by atoms with Crippen LogP contribution in [0.25, 0.3) is 0 Å². The Hall–Kier alpha value is -0.470. The van der Waals surface area contributed by atoms with Crippen molar-refractivity contribution >= 4 is 39.9 Å². The summed E-state index contributed by atoms with van der Waals surface area (Å²) >= 11 is 8.30. The van der Waals surface area contributed by atoms with E-state index in [4.69, 9.17) is 16.9 Å². The smallest absolute Gasteiger partial charge is 0.0684 e. The molecule has 1 N–H and O–H groups in total. The number of nitrogens with zero attached hydrogens (tertiary/aromatic N) is 1. The second-order valence-electron chi connectivity index (χ2n) is 4.30. The van der Waals surface area contributed by atoms with Crippen molar-refractivity contribution in [3.8, 4) is 6.07 Å². The van der Waals surface area contributed by atoms with Crippen LogP contribution in [0.3, 0.4) is 0 Å². The van der Waals surface area contributed by atoms with Gasteiger partial charge in [0.1, 0.15) is 0 Å². The molecule has 2 nitrogen and oxygen atoms in total. The predicted octanol–water partition coefficient (Wildman–Crippen LogP) is 4.30. The third-order valence-corrected chi connectivity index (χ3v) is 3.28. The monoisotopic (exact) mass is 348 g/mol. The number of rotatable bonds is 4. The van der Waals surface area contributed by atoms with Crippen LogP contribution >= 0.6 is 34.2 Å². The van der Waals surface area contributed by atoms with E-state index in [1.807, 2.05) is 32.0 Å². The average molecular weight is 349 g/mol. The molecule has 0 heterocycles. The molecule has 0 radical (unpaired) electrons. The van der Waals surface area contributed by atoms with Gasteiger partial charge in [0.25, 0.3) is 0 Å². The second kappa shape index (κ2) is 5.74. The van der Waals surface area contributed by atoms with Crippen molar-refractivity contribution < 1.29 is 0 Å². The summed E-state index contributed by atoms with van der Waals surface area (Å²) in [6.07, 6.45) is 0.797. The number of hydrogen-bond acceptors (Lipinski definition) is 2. The van der Waals surface area contributed by atoms with Crippen molar-refractivity contribution in [1.82, 2.24) is 0 Å². The van der Waals surface area contributed by atoms with Gasteiger partial charge < -0.3 is 5.32 Å². The fourth-order valence-electron chi connectivity index (χ4n) is 1.20. The lowest BCUT2D eigenvalue weighted by molar-refractivity contribution is 0.466. The first-order valence-electron chi connectivity index (χ1n) is 5.05. The Balaban J connectivity index is 2.53. The van der Waals surface area contributed by atoms with Crippen LogP contribution in [0.1, 0.15) is 20.3 Å². The highest BCUT2D eigenvalue weighted by Gasteiger charge is 2.15. The second-order valence-corrected chi connectivity index (χ2v) is 5.95. The molecule has 0 amide bonds. The van der Waals surface area contributed by atoms with Gasteiger partial charge in [-0.25, -0.2) is 0 Å². The quantitative estimate of drug-likeness (QED) is 0.824. The van der Waals surface area contributed by atoms with Gasteiger partial charge in [-0.05, 0) is 61.1 Å². The Morgan fingerprint density at radius 3 is 2.75 bits per heavy atom. The highest BCUT2D eigenvalue weighted by molar-refractivity contribution is 14.1. The lowest BCUT2D eigenvalue weighted by atomic mass is 9.91. The van der Waals surface area contributed by atoms with Crippen molar-refractivity contribution in [2.45, 2.75) is 20.3 Å². The number of nitrogens with one attached hydrogen (secondary N) is 1. The minimum Gasteiger partial charge on any atom is -0.384 e. The third kappa shape index (κ3) is 4.18. The van der Waals surface area contributed by atoms with Gasteiger partial charge in [-0.2, -0.15) is 5.26 Å². The normalized spacial score (nSPS) is 10.9. The highest BCUT2D eigenvalue weighted by atomic mass is 127. The van der Waals surface area contributed by atoms with E-state index in [1.54, 1.807) is 0 Å². The summed E-state index contributed by atoms with van der Waals surface area (Å²) in [6, 6.07) is 8.16. The summed E-state index contributed by atoms with van der Waals surface area (Å²) in [4.78, 5) is 0. The molecular weight excluding hydrogens is 335 g/mol. The van der Waals surface area contributed by atoms with Crippen LogP contribution in [-0.2, 0) is 0 Å². The van der Waals surface area contributed by atoms with Crippen LogP contribution in [-0.4, -0.2) is 6.54 Å². The zero-order chi connectivity index (χ0) is 12.2. The fraction of sp³-hybridized carbons (Fsp3) is 0.417. The van der Waals surface area contributed by atoms with Crippen molar-refractivity contribution in [3.05, 3.63) is 26.8 Å². The van der Waals surface area contributed by atoms with Crippen LogP contribution in [0.2, 0.25) is 5.02 Å². The standard InChI is InChI=1S/C12H14ClIN2/c1-12(2,8-15)5-6-16-11-4-3-9(14)7-10(11)13/h3-4,7,16H,5-6H2,1-2H3. The summed E-state index contributed by atoms with van der Waals surface area (Å²) < 4.78 is 1.12.